The van der Waals surface area contributed by atoms with Gasteiger partial charge in [-0.2, -0.15) is 0 Å². The van der Waals surface area contributed by atoms with Crippen molar-refractivity contribution < 1.29 is 0 Å². The average Bonchev–Trinajstić information content (AvgIpc) is 1.88. The zero-order valence-electron chi connectivity index (χ0n) is 6.68. The smallest absolute Gasteiger partial charge is 0.0889 e. The number of aromatic nitrogens is 1. The summed E-state index contributed by atoms with van der Waals surface area (Å²) in [5.41, 5.74) is 2.60. The van der Waals surface area contributed by atoms with E-state index in [0.29, 0.717) is 5.92 Å². The molecule has 0 saturated carbocycles. The number of hydrogen-bond donors (Lipinski definition) is 0. The molecule has 0 bridgehead atoms. The second kappa shape index (κ2) is 2.82. The van der Waals surface area contributed by atoms with E-state index in [1.807, 2.05) is 12.3 Å². The standard InChI is InChI=1S/C9H12N/c1-7(2)9-6-10-5-4-8(9)3/h4,6-7H,1-3H3. The van der Waals surface area contributed by atoms with Crippen LogP contribution >= 0.6 is 0 Å². The number of rotatable bonds is 1. The van der Waals surface area contributed by atoms with Gasteiger partial charge in [-0.3, -0.25) is 4.98 Å². The van der Waals surface area contributed by atoms with E-state index in [1.165, 1.54) is 11.1 Å². The second-order valence-electron chi connectivity index (χ2n) is 2.82. The SMILES string of the molecule is Cc1c[c]ncc1C(C)C. The molecule has 0 saturated heterocycles. The highest BCUT2D eigenvalue weighted by Gasteiger charge is 2.00. The molecular formula is C9H12N. The van der Waals surface area contributed by atoms with Crippen LogP contribution in [0.5, 0.6) is 0 Å². The fraction of sp³-hybridized carbons (Fsp3) is 0.444. The summed E-state index contributed by atoms with van der Waals surface area (Å²) in [6, 6.07) is 1.93. The molecule has 1 radical (unpaired) electrons. The fourth-order valence-corrected chi connectivity index (χ4v) is 1.03. The first-order valence-corrected chi connectivity index (χ1v) is 3.54. The lowest BCUT2D eigenvalue weighted by atomic mass is 10.0. The topological polar surface area (TPSA) is 12.9 Å². The highest BCUT2D eigenvalue weighted by Crippen LogP contribution is 2.15. The average molecular weight is 134 g/mol. The Bertz CT molecular complexity index is 216. The van der Waals surface area contributed by atoms with E-state index in [2.05, 4.69) is 32.0 Å². The summed E-state index contributed by atoms with van der Waals surface area (Å²) in [6.07, 6.45) is 4.69. The van der Waals surface area contributed by atoms with Crippen LogP contribution in [0.1, 0.15) is 30.9 Å². The molecule has 53 valence electrons. The molecular weight excluding hydrogens is 122 g/mol. The van der Waals surface area contributed by atoms with Crippen molar-refractivity contribution in [2.75, 3.05) is 0 Å². The second-order valence-corrected chi connectivity index (χ2v) is 2.82. The first kappa shape index (κ1) is 7.26. The van der Waals surface area contributed by atoms with Crippen molar-refractivity contribution in [2.45, 2.75) is 26.7 Å². The Balaban J connectivity index is 3.03. The van der Waals surface area contributed by atoms with Gasteiger partial charge in [0, 0.05) is 6.20 Å². The normalized spacial score (nSPS) is 10.4. The molecule has 0 atom stereocenters. The van der Waals surface area contributed by atoms with Gasteiger partial charge in [0.15, 0.2) is 0 Å². The predicted molar refractivity (Wildman–Crippen MR) is 41.9 cm³/mol. The largest absolute Gasteiger partial charge is 0.254 e. The molecule has 1 rings (SSSR count). The van der Waals surface area contributed by atoms with Crippen molar-refractivity contribution in [3.63, 3.8) is 0 Å². The Labute approximate surface area is 62.1 Å². The van der Waals surface area contributed by atoms with Gasteiger partial charge in [-0.05, 0) is 30.0 Å². The van der Waals surface area contributed by atoms with Gasteiger partial charge in [-0.15, -0.1) is 0 Å². The molecule has 0 unspecified atom stereocenters. The summed E-state index contributed by atoms with van der Waals surface area (Å²) >= 11 is 0. The minimum atomic E-state index is 0.571. The summed E-state index contributed by atoms with van der Waals surface area (Å²) in [4.78, 5) is 3.94. The molecule has 1 heterocycles. The van der Waals surface area contributed by atoms with Crippen molar-refractivity contribution in [2.24, 2.45) is 0 Å². The third kappa shape index (κ3) is 1.35. The molecule has 0 spiro atoms. The van der Waals surface area contributed by atoms with Gasteiger partial charge in [0.05, 0.1) is 6.20 Å². The zero-order chi connectivity index (χ0) is 7.56. The summed E-state index contributed by atoms with van der Waals surface area (Å²) < 4.78 is 0. The van der Waals surface area contributed by atoms with Crippen molar-refractivity contribution in [1.82, 2.24) is 4.98 Å². The van der Waals surface area contributed by atoms with Gasteiger partial charge >= 0.3 is 0 Å². The van der Waals surface area contributed by atoms with Gasteiger partial charge in [0.25, 0.3) is 0 Å². The lowest BCUT2D eigenvalue weighted by Gasteiger charge is -2.06. The molecule has 0 amide bonds. The van der Waals surface area contributed by atoms with E-state index in [9.17, 15) is 0 Å². The number of hydrogen-bond acceptors (Lipinski definition) is 1. The lowest BCUT2D eigenvalue weighted by Crippen LogP contribution is -1.91. The van der Waals surface area contributed by atoms with Crippen LogP contribution in [-0.2, 0) is 0 Å². The summed E-state index contributed by atoms with van der Waals surface area (Å²) in [5, 5.41) is 0. The summed E-state index contributed by atoms with van der Waals surface area (Å²) in [7, 11) is 0. The third-order valence-corrected chi connectivity index (χ3v) is 1.64. The monoisotopic (exact) mass is 134 g/mol. The van der Waals surface area contributed by atoms with Crippen LogP contribution < -0.4 is 0 Å². The molecule has 1 aromatic heterocycles. The van der Waals surface area contributed by atoms with Crippen LogP contribution in [-0.4, -0.2) is 4.98 Å². The summed E-state index contributed by atoms with van der Waals surface area (Å²) in [6.45, 7) is 6.43. The number of pyridine rings is 1. The minimum Gasteiger partial charge on any atom is -0.254 e. The van der Waals surface area contributed by atoms with Gasteiger partial charge in [-0.1, -0.05) is 13.8 Å². The maximum atomic E-state index is 3.94. The molecule has 1 nitrogen and oxygen atoms in total. The van der Waals surface area contributed by atoms with Gasteiger partial charge in [0.2, 0.25) is 0 Å². The van der Waals surface area contributed by atoms with Crippen LogP contribution in [0.25, 0.3) is 0 Å². The first-order valence-electron chi connectivity index (χ1n) is 3.54. The summed E-state index contributed by atoms with van der Waals surface area (Å²) in [5.74, 6) is 0.571. The minimum absolute atomic E-state index is 0.571. The number of aryl methyl sites for hydroxylation is 1. The van der Waals surface area contributed by atoms with Crippen molar-refractivity contribution >= 4 is 0 Å². The predicted octanol–water partition coefficient (Wildman–Crippen LogP) is 2.31. The Morgan fingerprint density at radius 2 is 2.20 bits per heavy atom. The van der Waals surface area contributed by atoms with Crippen LogP contribution in [0.3, 0.4) is 0 Å². The van der Waals surface area contributed by atoms with E-state index in [1.54, 1.807) is 0 Å². The van der Waals surface area contributed by atoms with Crippen molar-refractivity contribution in [1.29, 1.82) is 0 Å². The highest BCUT2D eigenvalue weighted by atomic mass is 14.6. The van der Waals surface area contributed by atoms with E-state index in [0.717, 1.165) is 0 Å². The van der Waals surface area contributed by atoms with Crippen molar-refractivity contribution in [3.8, 4) is 0 Å². The Morgan fingerprint density at radius 3 is 2.60 bits per heavy atom. The molecule has 0 fully saturated rings. The molecule has 0 aliphatic carbocycles. The van der Waals surface area contributed by atoms with Gasteiger partial charge in [0.1, 0.15) is 0 Å². The molecule has 1 heteroatoms. The lowest BCUT2D eigenvalue weighted by molar-refractivity contribution is 0.847. The molecule has 10 heavy (non-hydrogen) atoms. The van der Waals surface area contributed by atoms with Gasteiger partial charge < -0.3 is 0 Å². The van der Waals surface area contributed by atoms with E-state index in [-0.39, 0.29) is 0 Å². The molecule has 1 aromatic rings. The quantitative estimate of drug-likeness (QED) is 0.574. The van der Waals surface area contributed by atoms with E-state index in [4.69, 9.17) is 0 Å². The fourth-order valence-electron chi connectivity index (χ4n) is 1.03. The van der Waals surface area contributed by atoms with Crippen LogP contribution in [0.4, 0.5) is 0 Å². The Morgan fingerprint density at radius 1 is 1.50 bits per heavy atom. The van der Waals surface area contributed by atoms with E-state index >= 15 is 0 Å². The van der Waals surface area contributed by atoms with Gasteiger partial charge in [-0.25, -0.2) is 0 Å². The van der Waals surface area contributed by atoms with Crippen LogP contribution in [0.2, 0.25) is 0 Å². The zero-order valence-corrected chi connectivity index (χ0v) is 6.68. The maximum absolute atomic E-state index is 3.94. The molecule has 0 aliphatic rings. The Kier molecular flexibility index (Phi) is 2.05. The van der Waals surface area contributed by atoms with Crippen LogP contribution in [0.15, 0.2) is 12.3 Å². The molecule has 0 N–H and O–H groups in total. The van der Waals surface area contributed by atoms with E-state index < -0.39 is 0 Å². The molecule has 0 aromatic carbocycles. The highest BCUT2D eigenvalue weighted by molar-refractivity contribution is 5.23. The molecule has 0 aliphatic heterocycles. The third-order valence-electron chi connectivity index (χ3n) is 1.64. The van der Waals surface area contributed by atoms with Crippen molar-refractivity contribution in [3.05, 3.63) is 29.6 Å². The number of nitrogens with zero attached hydrogens (tertiary/aromatic N) is 1. The Hall–Kier alpha value is -0.850. The maximum Gasteiger partial charge on any atom is 0.0889 e. The first-order chi connectivity index (χ1) is 4.72. The van der Waals surface area contributed by atoms with Crippen LogP contribution in [0, 0.1) is 13.1 Å².